The lowest BCUT2D eigenvalue weighted by molar-refractivity contribution is -0.119. The molecule has 0 saturated heterocycles. The first-order valence-electron chi connectivity index (χ1n) is 5.57. The van der Waals surface area contributed by atoms with Crippen molar-refractivity contribution in [3.8, 4) is 0 Å². The molecule has 2 nitrogen and oxygen atoms in total. The Bertz CT molecular complexity index is 170. The van der Waals surface area contributed by atoms with Gasteiger partial charge >= 0.3 is 0 Å². The molecule has 0 aromatic rings. The number of hydrogen-bond acceptors (Lipinski definition) is 2. The third kappa shape index (κ3) is 8.24. The molecule has 2 heteroatoms. The third-order valence-corrected chi connectivity index (χ3v) is 2.47. The number of carbonyl (C=O) groups is 1. The van der Waals surface area contributed by atoms with Gasteiger partial charge in [0, 0.05) is 12.8 Å². The molecule has 0 aliphatic rings. The zero-order chi connectivity index (χ0) is 11.2. The van der Waals surface area contributed by atoms with Crippen LogP contribution in [0, 0.1) is 11.3 Å². The molecule has 0 aromatic heterocycles. The first-order chi connectivity index (χ1) is 6.35. The minimum Gasteiger partial charge on any atom is -0.330 e. The summed E-state index contributed by atoms with van der Waals surface area (Å²) in [7, 11) is 0. The number of Topliss-reactive ketones (excluding diaryl/α,β-unsaturated/α-hetero) is 1. The van der Waals surface area contributed by atoms with E-state index in [0.717, 1.165) is 19.3 Å². The van der Waals surface area contributed by atoms with Crippen molar-refractivity contribution in [3.63, 3.8) is 0 Å². The molecular formula is C12H25NO. The van der Waals surface area contributed by atoms with E-state index in [1.165, 1.54) is 0 Å². The van der Waals surface area contributed by atoms with Gasteiger partial charge in [0.1, 0.15) is 5.78 Å². The molecule has 2 N–H and O–H groups in total. The summed E-state index contributed by atoms with van der Waals surface area (Å²) >= 11 is 0. The van der Waals surface area contributed by atoms with Crippen LogP contribution in [0.25, 0.3) is 0 Å². The van der Waals surface area contributed by atoms with Crippen molar-refractivity contribution in [2.45, 2.75) is 53.4 Å². The van der Waals surface area contributed by atoms with Crippen LogP contribution in [0.4, 0.5) is 0 Å². The number of rotatable bonds is 6. The highest BCUT2D eigenvalue weighted by Gasteiger charge is 2.13. The molecule has 0 rings (SSSR count). The van der Waals surface area contributed by atoms with Gasteiger partial charge in [-0.3, -0.25) is 4.79 Å². The van der Waals surface area contributed by atoms with Crippen LogP contribution < -0.4 is 5.73 Å². The van der Waals surface area contributed by atoms with Crippen molar-refractivity contribution in [1.82, 2.24) is 0 Å². The molecular weight excluding hydrogens is 174 g/mol. The average Bonchev–Trinajstić information content (AvgIpc) is 2.09. The molecule has 0 aromatic carbocycles. The minimum absolute atomic E-state index is 0.273. The van der Waals surface area contributed by atoms with Crippen LogP contribution in [0.1, 0.15) is 53.4 Å². The predicted molar refractivity (Wildman–Crippen MR) is 61.1 cm³/mol. The van der Waals surface area contributed by atoms with E-state index in [1.54, 1.807) is 0 Å². The predicted octanol–water partition coefficient (Wildman–Crippen LogP) is 2.76. The summed E-state index contributed by atoms with van der Waals surface area (Å²) in [6.07, 6.45) is 3.36. The molecule has 0 aliphatic heterocycles. The Morgan fingerprint density at radius 3 is 2.29 bits per heavy atom. The van der Waals surface area contributed by atoms with Gasteiger partial charge in [0.15, 0.2) is 0 Å². The molecule has 0 amide bonds. The Kier molecular flexibility index (Phi) is 6.01. The second-order valence-electron chi connectivity index (χ2n) is 5.48. The first-order valence-corrected chi connectivity index (χ1v) is 5.57. The van der Waals surface area contributed by atoms with Crippen LogP contribution in [-0.4, -0.2) is 12.3 Å². The number of nitrogens with two attached hydrogens (primary N) is 1. The maximum Gasteiger partial charge on any atom is 0.132 e. The van der Waals surface area contributed by atoms with Crippen LogP contribution in [0.3, 0.4) is 0 Å². The summed E-state index contributed by atoms with van der Waals surface area (Å²) in [5, 5.41) is 0. The van der Waals surface area contributed by atoms with Gasteiger partial charge < -0.3 is 5.73 Å². The second kappa shape index (κ2) is 6.18. The molecule has 0 fully saturated rings. The average molecular weight is 199 g/mol. The maximum absolute atomic E-state index is 11.5. The van der Waals surface area contributed by atoms with E-state index in [9.17, 15) is 4.79 Å². The van der Waals surface area contributed by atoms with E-state index < -0.39 is 0 Å². The van der Waals surface area contributed by atoms with E-state index >= 15 is 0 Å². The van der Waals surface area contributed by atoms with Gasteiger partial charge in [-0.25, -0.2) is 0 Å². The van der Waals surface area contributed by atoms with Crippen LogP contribution in [0.15, 0.2) is 0 Å². The molecule has 0 bridgehead atoms. The lowest BCUT2D eigenvalue weighted by Crippen LogP contribution is -2.13. The van der Waals surface area contributed by atoms with Gasteiger partial charge in [0.25, 0.3) is 0 Å². The molecule has 0 spiro atoms. The number of carbonyl (C=O) groups excluding carboxylic acids is 1. The number of ketones is 1. The Hall–Kier alpha value is -0.370. The van der Waals surface area contributed by atoms with Crippen molar-refractivity contribution in [2.24, 2.45) is 17.1 Å². The van der Waals surface area contributed by atoms with Gasteiger partial charge in [0.2, 0.25) is 0 Å². The lowest BCUT2D eigenvalue weighted by atomic mass is 9.88. The SMILES string of the molecule is CC(CN)CCC(=O)CCC(C)(C)C. The van der Waals surface area contributed by atoms with E-state index in [4.69, 9.17) is 5.73 Å². The Balaban J connectivity index is 3.57. The number of hydrogen-bond donors (Lipinski definition) is 1. The van der Waals surface area contributed by atoms with E-state index in [2.05, 4.69) is 27.7 Å². The van der Waals surface area contributed by atoms with Crippen LogP contribution in [0.2, 0.25) is 0 Å². The lowest BCUT2D eigenvalue weighted by Gasteiger charge is -2.17. The Labute approximate surface area is 88.3 Å². The van der Waals surface area contributed by atoms with E-state index in [0.29, 0.717) is 24.7 Å². The van der Waals surface area contributed by atoms with Crippen molar-refractivity contribution >= 4 is 5.78 Å². The highest BCUT2D eigenvalue weighted by atomic mass is 16.1. The second-order valence-corrected chi connectivity index (χ2v) is 5.48. The summed E-state index contributed by atoms with van der Waals surface area (Å²) in [5.74, 6) is 0.869. The summed E-state index contributed by atoms with van der Waals surface area (Å²) in [6.45, 7) is 9.29. The summed E-state index contributed by atoms with van der Waals surface area (Å²) in [4.78, 5) is 11.5. The van der Waals surface area contributed by atoms with Gasteiger partial charge in [-0.15, -0.1) is 0 Å². The zero-order valence-corrected chi connectivity index (χ0v) is 10.1. The fraction of sp³-hybridized carbons (Fsp3) is 0.917. The standard InChI is InChI=1S/C12H25NO/c1-10(9-13)5-6-11(14)7-8-12(2,3)4/h10H,5-9,13H2,1-4H3. The van der Waals surface area contributed by atoms with Gasteiger partial charge in [-0.2, -0.15) is 0 Å². The van der Waals surface area contributed by atoms with Gasteiger partial charge in [0.05, 0.1) is 0 Å². The van der Waals surface area contributed by atoms with Crippen molar-refractivity contribution in [1.29, 1.82) is 0 Å². The van der Waals surface area contributed by atoms with Crippen molar-refractivity contribution in [3.05, 3.63) is 0 Å². The highest BCUT2D eigenvalue weighted by Crippen LogP contribution is 2.21. The molecule has 14 heavy (non-hydrogen) atoms. The van der Waals surface area contributed by atoms with Crippen molar-refractivity contribution in [2.75, 3.05) is 6.54 Å². The molecule has 0 aliphatic carbocycles. The zero-order valence-electron chi connectivity index (χ0n) is 10.1. The Morgan fingerprint density at radius 2 is 1.86 bits per heavy atom. The topological polar surface area (TPSA) is 43.1 Å². The summed E-state index contributed by atoms with van der Waals surface area (Å²) in [5.41, 5.74) is 5.76. The Morgan fingerprint density at radius 1 is 1.29 bits per heavy atom. The quantitative estimate of drug-likeness (QED) is 0.714. The third-order valence-electron chi connectivity index (χ3n) is 2.47. The molecule has 1 unspecified atom stereocenters. The van der Waals surface area contributed by atoms with Crippen molar-refractivity contribution < 1.29 is 4.79 Å². The fourth-order valence-corrected chi connectivity index (χ4v) is 1.16. The maximum atomic E-state index is 11.5. The molecule has 0 radical (unpaired) electrons. The van der Waals surface area contributed by atoms with E-state index in [-0.39, 0.29) is 5.41 Å². The molecule has 84 valence electrons. The normalized spacial score (nSPS) is 14.1. The highest BCUT2D eigenvalue weighted by molar-refractivity contribution is 5.78. The fourth-order valence-electron chi connectivity index (χ4n) is 1.16. The van der Waals surface area contributed by atoms with Gasteiger partial charge in [-0.05, 0) is 30.7 Å². The van der Waals surface area contributed by atoms with Crippen LogP contribution >= 0.6 is 0 Å². The van der Waals surface area contributed by atoms with Crippen LogP contribution in [-0.2, 0) is 4.79 Å². The molecule has 1 atom stereocenters. The minimum atomic E-state index is 0.273. The first kappa shape index (κ1) is 13.6. The monoisotopic (exact) mass is 199 g/mol. The smallest absolute Gasteiger partial charge is 0.132 e. The largest absolute Gasteiger partial charge is 0.330 e. The molecule has 0 heterocycles. The van der Waals surface area contributed by atoms with Crippen LogP contribution in [0.5, 0.6) is 0 Å². The summed E-state index contributed by atoms with van der Waals surface area (Å²) < 4.78 is 0. The van der Waals surface area contributed by atoms with E-state index in [1.807, 2.05) is 0 Å². The summed E-state index contributed by atoms with van der Waals surface area (Å²) in [6, 6.07) is 0. The molecule has 0 saturated carbocycles. The van der Waals surface area contributed by atoms with Gasteiger partial charge in [-0.1, -0.05) is 27.7 Å².